The maximum absolute atomic E-state index is 13.0. The molecule has 1 aromatic heterocycles. The molecule has 3 rings (SSSR count). The fraction of sp³-hybridized carbons (Fsp3) is 0.400. The van der Waals surface area contributed by atoms with Crippen molar-refractivity contribution in [2.24, 2.45) is 0 Å². The molecular formula is C20H27BrN4O3S. The number of hydrogen-bond acceptors (Lipinski definition) is 5. The number of carbonyl (C=O) groups excluding carboxylic acids is 1. The Morgan fingerprint density at radius 2 is 1.76 bits per heavy atom. The van der Waals surface area contributed by atoms with Gasteiger partial charge in [-0.15, -0.1) is 17.0 Å². The topological polar surface area (TPSA) is 73.8 Å². The largest absolute Gasteiger partial charge is 0.355 e. The van der Waals surface area contributed by atoms with Crippen LogP contribution in [0.15, 0.2) is 53.6 Å². The highest BCUT2D eigenvalue weighted by Gasteiger charge is 2.27. The van der Waals surface area contributed by atoms with Gasteiger partial charge in [0.1, 0.15) is 5.82 Å². The van der Waals surface area contributed by atoms with E-state index in [0.29, 0.717) is 19.6 Å². The Morgan fingerprint density at radius 3 is 2.38 bits per heavy atom. The Morgan fingerprint density at radius 1 is 1.03 bits per heavy atom. The predicted molar refractivity (Wildman–Crippen MR) is 119 cm³/mol. The first-order valence-corrected chi connectivity index (χ1v) is 10.8. The molecule has 29 heavy (non-hydrogen) atoms. The number of amides is 1. The molecule has 0 saturated carbocycles. The number of likely N-dealkylation sites (N-methyl/N-ethyl adjacent to an activating group) is 1. The standard InChI is InChI=1S/C20H26N4O3S.BrH/c1-22(2)20(25)16-17-7-9-18(10-8-17)28(26,27)24-13-5-12-23(14-15-24)19-6-3-4-11-21-19;/h3-4,6-11H,5,12-16H2,1-2H3;1H. The number of sulfonamides is 1. The zero-order chi connectivity index (χ0) is 20.1. The summed E-state index contributed by atoms with van der Waals surface area (Å²) in [6, 6.07) is 12.4. The lowest BCUT2D eigenvalue weighted by atomic mass is 10.1. The van der Waals surface area contributed by atoms with Crippen LogP contribution in [0.5, 0.6) is 0 Å². The van der Waals surface area contributed by atoms with Crippen LogP contribution in [0.1, 0.15) is 12.0 Å². The van der Waals surface area contributed by atoms with Crippen LogP contribution in [0, 0.1) is 0 Å². The fourth-order valence-corrected chi connectivity index (χ4v) is 4.63. The second kappa shape index (κ2) is 10.2. The fourth-order valence-electron chi connectivity index (χ4n) is 3.17. The molecule has 2 heterocycles. The molecule has 1 fully saturated rings. The number of anilines is 1. The van der Waals surface area contributed by atoms with E-state index < -0.39 is 10.0 Å². The third-order valence-corrected chi connectivity index (χ3v) is 6.76. The summed E-state index contributed by atoms with van der Waals surface area (Å²) in [6.45, 7) is 2.27. The van der Waals surface area contributed by atoms with Gasteiger partial charge in [0.05, 0.1) is 11.3 Å². The van der Waals surface area contributed by atoms with E-state index in [1.54, 1.807) is 44.6 Å². The minimum absolute atomic E-state index is 0. The van der Waals surface area contributed by atoms with Gasteiger partial charge in [-0.1, -0.05) is 18.2 Å². The molecule has 1 aliphatic rings. The summed E-state index contributed by atoms with van der Waals surface area (Å²) in [5, 5.41) is 0. The number of benzene rings is 1. The van der Waals surface area contributed by atoms with Gasteiger partial charge < -0.3 is 9.80 Å². The number of nitrogens with zero attached hydrogens (tertiary/aromatic N) is 4. The van der Waals surface area contributed by atoms with Crippen LogP contribution in [0.25, 0.3) is 0 Å². The highest BCUT2D eigenvalue weighted by Crippen LogP contribution is 2.20. The summed E-state index contributed by atoms with van der Waals surface area (Å²) in [7, 11) is -0.155. The van der Waals surface area contributed by atoms with E-state index in [2.05, 4.69) is 9.88 Å². The van der Waals surface area contributed by atoms with Gasteiger partial charge in [-0.2, -0.15) is 4.31 Å². The number of aromatic nitrogens is 1. The highest BCUT2D eigenvalue weighted by molar-refractivity contribution is 8.93. The van der Waals surface area contributed by atoms with Gasteiger partial charge in [-0.05, 0) is 36.2 Å². The van der Waals surface area contributed by atoms with Gasteiger partial charge in [0.2, 0.25) is 15.9 Å². The van der Waals surface area contributed by atoms with Crippen LogP contribution in [0.4, 0.5) is 5.82 Å². The van der Waals surface area contributed by atoms with Crippen LogP contribution in [0.3, 0.4) is 0 Å². The maximum atomic E-state index is 13.0. The average Bonchev–Trinajstić information content (AvgIpc) is 2.96. The summed E-state index contributed by atoms with van der Waals surface area (Å²) in [4.78, 5) is 20.1. The van der Waals surface area contributed by atoms with Crippen molar-refractivity contribution in [1.82, 2.24) is 14.2 Å². The quantitative estimate of drug-likeness (QED) is 0.652. The minimum Gasteiger partial charge on any atom is -0.355 e. The number of rotatable bonds is 5. The molecule has 158 valence electrons. The first-order valence-electron chi connectivity index (χ1n) is 9.33. The van der Waals surface area contributed by atoms with Gasteiger partial charge in [0, 0.05) is 46.5 Å². The van der Waals surface area contributed by atoms with E-state index >= 15 is 0 Å². The minimum atomic E-state index is -3.56. The molecule has 7 nitrogen and oxygen atoms in total. The smallest absolute Gasteiger partial charge is 0.243 e. The molecule has 1 saturated heterocycles. The zero-order valence-corrected chi connectivity index (χ0v) is 19.2. The van der Waals surface area contributed by atoms with Crippen LogP contribution in [-0.2, 0) is 21.2 Å². The highest BCUT2D eigenvalue weighted by atomic mass is 79.9. The van der Waals surface area contributed by atoms with Crippen molar-refractivity contribution in [3.63, 3.8) is 0 Å². The Labute approximate surface area is 183 Å². The molecule has 0 N–H and O–H groups in total. The molecular weight excluding hydrogens is 456 g/mol. The van der Waals surface area contributed by atoms with Crippen molar-refractivity contribution in [3.05, 3.63) is 54.2 Å². The van der Waals surface area contributed by atoms with Crippen molar-refractivity contribution in [2.45, 2.75) is 17.7 Å². The Bertz CT molecular complexity index is 905. The molecule has 1 aliphatic heterocycles. The van der Waals surface area contributed by atoms with Gasteiger partial charge >= 0.3 is 0 Å². The van der Waals surface area contributed by atoms with Crippen molar-refractivity contribution < 1.29 is 13.2 Å². The Hall–Kier alpha value is -1.97. The first-order chi connectivity index (χ1) is 13.4. The average molecular weight is 483 g/mol. The molecule has 0 aliphatic carbocycles. The molecule has 2 aromatic rings. The molecule has 0 unspecified atom stereocenters. The third kappa shape index (κ3) is 5.77. The van der Waals surface area contributed by atoms with E-state index in [-0.39, 0.29) is 34.2 Å². The lowest BCUT2D eigenvalue weighted by Gasteiger charge is -2.22. The van der Waals surface area contributed by atoms with Crippen LogP contribution < -0.4 is 4.90 Å². The second-order valence-corrected chi connectivity index (χ2v) is 8.98. The Balaban J connectivity index is 0.00000300. The van der Waals surface area contributed by atoms with Crippen molar-refractivity contribution >= 4 is 38.7 Å². The Kier molecular flexibility index (Phi) is 8.18. The zero-order valence-electron chi connectivity index (χ0n) is 16.7. The monoisotopic (exact) mass is 482 g/mol. The van der Waals surface area contributed by atoms with Crippen LogP contribution >= 0.6 is 17.0 Å². The molecule has 9 heteroatoms. The molecule has 1 aromatic carbocycles. The molecule has 0 atom stereocenters. The number of hydrogen-bond donors (Lipinski definition) is 0. The maximum Gasteiger partial charge on any atom is 0.243 e. The second-order valence-electron chi connectivity index (χ2n) is 7.04. The van der Waals surface area contributed by atoms with E-state index in [0.717, 1.165) is 24.3 Å². The predicted octanol–water partition coefficient (Wildman–Crippen LogP) is 2.19. The normalized spacial score (nSPS) is 15.3. The number of pyridine rings is 1. The molecule has 0 radical (unpaired) electrons. The lowest BCUT2D eigenvalue weighted by Crippen LogP contribution is -2.35. The van der Waals surface area contributed by atoms with E-state index in [1.165, 1.54) is 9.21 Å². The lowest BCUT2D eigenvalue weighted by molar-refractivity contribution is -0.127. The van der Waals surface area contributed by atoms with Gasteiger partial charge in [0.25, 0.3) is 0 Å². The van der Waals surface area contributed by atoms with E-state index in [9.17, 15) is 13.2 Å². The SMILES string of the molecule is Br.CN(C)C(=O)Cc1ccc(S(=O)(=O)N2CCCN(c3ccccn3)CC2)cc1. The van der Waals surface area contributed by atoms with E-state index in [4.69, 9.17) is 0 Å². The summed E-state index contributed by atoms with van der Waals surface area (Å²) >= 11 is 0. The summed E-state index contributed by atoms with van der Waals surface area (Å²) in [5.74, 6) is 0.856. The number of halogens is 1. The van der Waals surface area contributed by atoms with Crippen LogP contribution in [0.2, 0.25) is 0 Å². The molecule has 0 bridgehead atoms. The van der Waals surface area contributed by atoms with Crippen molar-refractivity contribution in [2.75, 3.05) is 45.2 Å². The van der Waals surface area contributed by atoms with Crippen molar-refractivity contribution in [3.8, 4) is 0 Å². The van der Waals surface area contributed by atoms with Gasteiger partial charge in [0.15, 0.2) is 0 Å². The van der Waals surface area contributed by atoms with E-state index in [1.807, 2.05) is 18.2 Å². The summed E-state index contributed by atoms with van der Waals surface area (Å²) in [6.07, 6.45) is 2.75. The van der Waals surface area contributed by atoms with Gasteiger partial charge in [-0.25, -0.2) is 13.4 Å². The number of carbonyl (C=O) groups is 1. The van der Waals surface area contributed by atoms with Crippen molar-refractivity contribution in [1.29, 1.82) is 0 Å². The first kappa shape index (κ1) is 23.3. The summed E-state index contributed by atoms with van der Waals surface area (Å²) < 4.78 is 27.6. The van der Waals surface area contributed by atoms with Crippen LogP contribution in [-0.4, -0.2) is 68.8 Å². The molecule has 0 spiro atoms. The molecule has 1 amide bonds. The van der Waals surface area contributed by atoms with Gasteiger partial charge in [-0.3, -0.25) is 4.79 Å². The summed E-state index contributed by atoms with van der Waals surface area (Å²) in [5.41, 5.74) is 0.801. The third-order valence-electron chi connectivity index (χ3n) is 4.84.